The van der Waals surface area contributed by atoms with Gasteiger partial charge in [0.2, 0.25) is 5.82 Å². The Hall–Kier alpha value is -1.92. The first kappa shape index (κ1) is 14.5. The summed E-state index contributed by atoms with van der Waals surface area (Å²) in [7, 11) is 1.74. The van der Waals surface area contributed by atoms with Gasteiger partial charge in [-0.1, -0.05) is 13.8 Å². The Bertz CT molecular complexity index is 516. The molecule has 0 spiro atoms. The van der Waals surface area contributed by atoms with Crippen LogP contribution in [0.2, 0.25) is 0 Å². The van der Waals surface area contributed by atoms with Crippen molar-refractivity contribution in [3.05, 3.63) is 15.8 Å². The van der Waals surface area contributed by atoms with E-state index >= 15 is 0 Å². The van der Waals surface area contributed by atoms with Crippen LogP contribution in [0.5, 0.6) is 0 Å². The zero-order chi connectivity index (χ0) is 14.9. The van der Waals surface area contributed by atoms with Crippen molar-refractivity contribution >= 4 is 17.8 Å². The topological polar surface area (TPSA) is 81.3 Å². The highest BCUT2D eigenvalue weighted by molar-refractivity contribution is 5.63. The summed E-state index contributed by atoms with van der Waals surface area (Å²) < 4.78 is 1.59. The largest absolute Gasteiger partial charge is 0.351 e. The molecule has 0 N–H and O–H groups in total. The molecule has 0 aliphatic carbocycles. The summed E-state index contributed by atoms with van der Waals surface area (Å²) in [5.41, 5.74) is 0.622. The number of hydrogen-bond donors (Lipinski definition) is 0. The molecule has 0 unspecified atom stereocenters. The van der Waals surface area contributed by atoms with E-state index in [2.05, 4.69) is 5.10 Å². The van der Waals surface area contributed by atoms with Crippen LogP contribution in [0.1, 0.15) is 38.3 Å². The first-order valence-electron chi connectivity index (χ1n) is 6.87. The molecule has 20 heavy (non-hydrogen) atoms. The lowest BCUT2D eigenvalue weighted by molar-refractivity contribution is -0.385. The van der Waals surface area contributed by atoms with Gasteiger partial charge in [0.25, 0.3) is 0 Å². The van der Waals surface area contributed by atoms with Crippen molar-refractivity contribution < 1.29 is 9.72 Å². The molecule has 110 valence electrons. The summed E-state index contributed by atoms with van der Waals surface area (Å²) in [5.74, 6) is 0.633. The number of carbonyl (C=O) groups is 1. The van der Waals surface area contributed by atoms with Crippen LogP contribution < -0.4 is 4.90 Å². The lowest BCUT2D eigenvalue weighted by atomic mass is 9.98. The van der Waals surface area contributed by atoms with E-state index in [0.29, 0.717) is 24.6 Å². The second-order valence-corrected chi connectivity index (χ2v) is 5.55. The summed E-state index contributed by atoms with van der Waals surface area (Å²) >= 11 is 0. The van der Waals surface area contributed by atoms with Crippen LogP contribution in [0.15, 0.2) is 0 Å². The maximum Gasteiger partial charge on any atom is 0.334 e. The van der Waals surface area contributed by atoms with Crippen LogP contribution in [0.4, 0.5) is 11.5 Å². The lowest BCUT2D eigenvalue weighted by Crippen LogP contribution is -2.35. The molecule has 1 aromatic rings. The first-order chi connectivity index (χ1) is 9.45. The molecule has 1 aromatic heterocycles. The fourth-order valence-electron chi connectivity index (χ4n) is 2.69. The number of rotatable bonds is 4. The van der Waals surface area contributed by atoms with Gasteiger partial charge in [0.05, 0.1) is 4.92 Å². The molecule has 7 nitrogen and oxygen atoms in total. The van der Waals surface area contributed by atoms with Gasteiger partial charge in [0.1, 0.15) is 12.0 Å². The average Bonchev–Trinajstić information content (AvgIpc) is 2.77. The molecule has 0 radical (unpaired) electrons. The molecule has 0 amide bonds. The molecule has 0 bridgehead atoms. The molecular formula is C13H20N4O3. The van der Waals surface area contributed by atoms with Gasteiger partial charge >= 0.3 is 5.69 Å². The maximum absolute atomic E-state index is 11.4. The highest BCUT2D eigenvalue weighted by Crippen LogP contribution is 2.36. The zero-order valence-electron chi connectivity index (χ0n) is 12.1. The Morgan fingerprint density at radius 2 is 2.00 bits per heavy atom. The minimum Gasteiger partial charge on any atom is -0.351 e. The van der Waals surface area contributed by atoms with Gasteiger partial charge in [0.15, 0.2) is 0 Å². The molecule has 1 fully saturated rings. The van der Waals surface area contributed by atoms with Crippen molar-refractivity contribution in [2.45, 2.75) is 32.6 Å². The number of aldehydes is 1. The molecule has 1 aliphatic rings. The normalized spacial score (nSPS) is 16.7. The van der Waals surface area contributed by atoms with Crippen molar-refractivity contribution in [3.63, 3.8) is 0 Å². The number of anilines is 1. The smallest absolute Gasteiger partial charge is 0.334 e. The van der Waals surface area contributed by atoms with Gasteiger partial charge in [-0.25, -0.2) is 4.68 Å². The van der Waals surface area contributed by atoms with Gasteiger partial charge in [-0.2, -0.15) is 5.10 Å². The number of hydrogen-bond acceptors (Lipinski definition) is 5. The van der Waals surface area contributed by atoms with Gasteiger partial charge in [-0.15, -0.1) is 0 Å². The third-order valence-corrected chi connectivity index (χ3v) is 3.78. The number of nitro groups is 1. The van der Waals surface area contributed by atoms with Crippen LogP contribution >= 0.6 is 0 Å². The van der Waals surface area contributed by atoms with Crippen molar-refractivity contribution in [2.75, 3.05) is 18.0 Å². The van der Waals surface area contributed by atoms with E-state index in [9.17, 15) is 14.9 Å². The number of piperidine rings is 1. The van der Waals surface area contributed by atoms with Crippen LogP contribution in [-0.4, -0.2) is 34.1 Å². The molecule has 0 saturated carbocycles. The summed E-state index contributed by atoms with van der Waals surface area (Å²) in [6.07, 6.45) is 2.46. The monoisotopic (exact) mass is 280 g/mol. The Morgan fingerprint density at radius 1 is 1.40 bits per heavy atom. The molecule has 0 aromatic carbocycles. The van der Waals surface area contributed by atoms with E-state index in [-0.39, 0.29) is 22.4 Å². The van der Waals surface area contributed by atoms with Crippen LogP contribution in [0.3, 0.4) is 0 Å². The fraction of sp³-hybridized carbons (Fsp3) is 0.692. The minimum absolute atomic E-state index is 0.00265. The van der Waals surface area contributed by atoms with E-state index in [4.69, 9.17) is 0 Å². The Morgan fingerprint density at radius 3 is 2.45 bits per heavy atom. The maximum atomic E-state index is 11.4. The Kier molecular flexibility index (Phi) is 4.06. The van der Waals surface area contributed by atoms with Gasteiger partial charge in [0, 0.05) is 32.0 Å². The summed E-state index contributed by atoms with van der Waals surface area (Å²) in [4.78, 5) is 23.8. The third kappa shape index (κ3) is 2.52. The summed E-state index contributed by atoms with van der Waals surface area (Å²) in [5, 5.41) is 15.7. The van der Waals surface area contributed by atoms with Gasteiger partial charge in [-0.3, -0.25) is 10.1 Å². The molecule has 2 heterocycles. The van der Waals surface area contributed by atoms with E-state index in [1.807, 2.05) is 18.7 Å². The standard InChI is InChI=1S/C13H20N4O3/c1-9(2)11-12(17(19)20)13(15(3)14-11)16-6-4-10(8-18)5-7-16/h8-10H,4-7H2,1-3H3. The predicted molar refractivity (Wildman–Crippen MR) is 75.0 cm³/mol. The first-order valence-corrected chi connectivity index (χ1v) is 6.87. The average molecular weight is 280 g/mol. The highest BCUT2D eigenvalue weighted by atomic mass is 16.6. The molecule has 0 atom stereocenters. The van der Waals surface area contributed by atoms with Crippen LogP contribution in [-0.2, 0) is 11.8 Å². The Balaban J connectivity index is 2.36. The van der Waals surface area contributed by atoms with E-state index in [0.717, 1.165) is 19.1 Å². The molecule has 1 aliphatic heterocycles. The van der Waals surface area contributed by atoms with Crippen molar-refractivity contribution in [1.82, 2.24) is 9.78 Å². The number of carbonyl (C=O) groups excluding carboxylic acids is 1. The van der Waals surface area contributed by atoms with E-state index < -0.39 is 0 Å². The Labute approximate surface area is 117 Å². The highest BCUT2D eigenvalue weighted by Gasteiger charge is 2.33. The van der Waals surface area contributed by atoms with E-state index in [1.54, 1.807) is 11.7 Å². The van der Waals surface area contributed by atoms with Crippen LogP contribution in [0.25, 0.3) is 0 Å². The third-order valence-electron chi connectivity index (χ3n) is 3.78. The quantitative estimate of drug-likeness (QED) is 0.477. The van der Waals surface area contributed by atoms with E-state index in [1.165, 1.54) is 0 Å². The van der Waals surface area contributed by atoms with Crippen LogP contribution in [0, 0.1) is 16.0 Å². The number of nitrogens with zero attached hydrogens (tertiary/aromatic N) is 4. The van der Waals surface area contributed by atoms with Crippen molar-refractivity contribution in [2.24, 2.45) is 13.0 Å². The second-order valence-electron chi connectivity index (χ2n) is 5.55. The fourth-order valence-corrected chi connectivity index (χ4v) is 2.69. The minimum atomic E-state index is -0.344. The zero-order valence-corrected chi connectivity index (χ0v) is 12.1. The molecule has 2 rings (SSSR count). The summed E-state index contributed by atoms with van der Waals surface area (Å²) in [6.45, 7) is 5.11. The molecular weight excluding hydrogens is 260 g/mol. The lowest BCUT2D eigenvalue weighted by Gasteiger charge is -2.30. The number of aromatic nitrogens is 2. The second kappa shape index (κ2) is 5.60. The molecule has 1 saturated heterocycles. The van der Waals surface area contributed by atoms with Gasteiger partial charge in [-0.05, 0) is 12.8 Å². The van der Waals surface area contributed by atoms with Crippen molar-refractivity contribution in [3.8, 4) is 0 Å². The number of aryl methyl sites for hydroxylation is 1. The molecule has 7 heteroatoms. The predicted octanol–water partition coefficient (Wildman–Crippen LogP) is 1.87. The van der Waals surface area contributed by atoms with Crippen molar-refractivity contribution in [1.29, 1.82) is 0 Å². The summed E-state index contributed by atoms with van der Waals surface area (Å²) in [6, 6.07) is 0. The SMILES string of the molecule is CC(C)c1nn(C)c(N2CCC(C=O)CC2)c1[N+](=O)[O-]. The van der Waals surface area contributed by atoms with Gasteiger partial charge < -0.3 is 9.69 Å².